The van der Waals surface area contributed by atoms with Crippen molar-refractivity contribution in [3.8, 4) is 0 Å². The number of fused-ring (bicyclic) bond motifs is 1. The van der Waals surface area contributed by atoms with Crippen LogP contribution in [0.4, 0.5) is 8.78 Å². The van der Waals surface area contributed by atoms with Crippen LogP contribution in [0.15, 0.2) is 36.4 Å². The molecule has 0 spiro atoms. The van der Waals surface area contributed by atoms with Crippen molar-refractivity contribution >= 4 is 26.7 Å². The van der Waals surface area contributed by atoms with E-state index in [1.54, 1.807) is 12.1 Å². The van der Waals surface area contributed by atoms with Crippen LogP contribution in [0.1, 0.15) is 17.6 Å². The molecule has 0 bridgehead atoms. The second kappa shape index (κ2) is 4.27. The molecule has 15 heavy (non-hydrogen) atoms. The summed E-state index contributed by atoms with van der Waals surface area (Å²) in [5, 5.41) is 2.57. The van der Waals surface area contributed by atoms with Crippen LogP contribution in [0.3, 0.4) is 0 Å². The summed E-state index contributed by atoms with van der Waals surface area (Å²) < 4.78 is 25.0. The molecule has 0 atom stereocenters. The van der Waals surface area contributed by atoms with Crippen molar-refractivity contribution < 1.29 is 8.78 Å². The Morgan fingerprint density at radius 1 is 1.13 bits per heavy atom. The first-order valence-corrected chi connectivity index (χ1v) is 5.70. The highest BCUT2D eigenvalue weighted by Gasteiger charge is 2.08. The monoisotopic (exact) mass is 270 g/mol. The Morgan fingerprint density at radius 3 is 2.60 bits per heavy atom. The normalized spacial score (nSPS) is 11.2. The van der Waals surface area contributed by atoms with Crippen LogP contribution in [-0.2, 0) is 5.33 Å². The van der Waals surface area contributed by atoms with Crippen molar-refractivity contribution in [2.45, 2.75) is 11.8 Å². The average molecular weight is 271 g/mol. The van der Waals surface area contributed by atoms with Crippen LogP contribution in [0.25, 0.3) is 10.8 Å². The van der Waals surface area contributed by atoms with E-state index in [0.717, 1.165) is 16.3 Å². The largest absolute Gasteiger partial charge is 0.263 e. The third kappa shape index (κ3) is 2.02. The minimum absolute atomic E-state index is 0.0795. The first-order valence-electron chi connectivity index (χ1n) is 4.58. The number of rotatable bonds is 2. The highest BCUT2D eigenvalue weighted by molar-refractivity contribution is 9.08. The zero-order valence-corrected chi connectivity index (χ0v) is 9.47. The lowest BCUT2D eigenvalue weighted by Crippen LogP contribution is -1.87. The number of halogens is 3. The van der Waals surface area contributed by atoms with Crippen LogP contribution in [-0.4, -0.2) is 0 Å². The predicted molar refractivity (Wildman–Crippen MR) is 61.5 cm³/mol. The zero-order chi connectivity index (χ0) is 10.8. The van der Waals surface area contributed by atoms with Gasteiger partial charge in [0, 0.05) is 10.9 Å². The topological polar surface area (TPSA) is 0 Å². The highest BCUT2D eigenvalue weighted by atomic mass is 79.9. The van der Waals surface area contributed by atoms with Crippen LogP contribution in [0.2, 0.25) is 0 Å². The molecular formula is C12H9BrF2. The van der Waals surface area contributed by atoms with Gasteiger partial charge in [0.2, 0.25) is 0 Å². The Morgan fingerprint density at radius 2 is 1.93 bits per heavy atom. The van der Waals surface area contributed by atoms with Crippen molar-refractivity contribution in [1.29, 1.82) is 0 Å². The van der Waals surface area contributed by atoms with E-state index in [0.29, 0.717) is 5.33 Å². The van der Waals surface area contributed by atoms with Gasteiger partial charge in [0.05, 0.1) is 0 Å². The molecule has 2 aromatic rings. The standard InChI is InChI=1S/C12H9BrF2/c13-7-10-3-1-2-8-4-5-9(12(14)15)6-11(8)10/h1-6,12H,7H2. The van der Waals surface area contributed by atoms with E-state index in [-0.39, 0.29) is 5.56 Å². The fourth-order valence-corrected chi connectivity index (χ4v) is 2.10. The Labute approximate surface area is 95.0 Å². The molecule has 0 heterocycles. The molecule has 0 aliphatic carbocycles. The molecule has 0 fully saturated rings. The molecule has 2 rings (SSSR count). The molecule has 2 aromatic carbocycles. The summed E-state index contributed by atoms with van der Waals surface area (Å²) in [7, 11) is 0. The first-order chi connectivity index (χ1) is 7.22. The Kier molecular flexibility index (Phi) is 3.00. The molecule has 0 aromatic heterocycles. The molecule has 0 nitrogen and oxygen atoms in total. The fraction of sp³-hybridized carbons (Fsp3) is 0.167. The lowest BCUT2D eigenvalue weighted by atomic mass is 10.0. The molecule has 3 heteroatoms. The van der Waals surface area contributed by atoms with E-state index in [1.807, 2.05) is 18.2 Å². The lowest BCUT2D eigenvalue weighted by Gasteiger charge is -2.06. The number of benzene rings is 2. The van der Waals surface area contributed by atoms with Crippen LogP contribution in [0, 0.1) is 0 Å². The van der Waals surface area contributed by atoms with Gasteiger partial charge in [-0.05, 0) is 22.4 Å². The zero-order valence-electron chi connectivity index (χ0n) is 7.88. The predicted octanol–water partition coefficient (Wildman–Crippen LogP) is 4.67. The number of alkyl halides is 3. The van der Waals surface area contributed by atoms with Gasteiger partial charge in [-0.25, -0.2) is 8.78 Å². The Bertz CT molecular complexity index is 480. The highest BCUT2D eigenvalue weighted by Crippen LogP contribution is 2.26. The summed E-state index contributed by atoms with van der Waals surface area (Å²) in [6, 6.07) is 10.6. The molecule has 0 unspecified atom stereocenters. The lowest BCUT2D eigenvalue weighted by molar-refractivity contribution is 0.151. The van der Waals surface area contributed by atoms with Crippen LogP contribution >= 0.6 is 15.9 Å². The molecule has 0 radical (unpaired) electrons. The summed E-state index contributed by atoms with van der Waals surface area (Å²) >= 11 is 3.35. The summed E-state index contributed by atoms with van der Waals surface area (Å²) in [5.74, 6) is 0. The quantitative estimate of drug-likeness (QED) is 0.696. The SMILES string of the molecule is FC(F)c1ccc2cccc(CBr)c2c1. The second-order valence-electron chi connectivity index (χ2n) is 3.33. The van der Waals surface area contributed by atoms with E-state index in [4.69, 9.17) is 0 Å². The maximum Gasteiger partial charge on any atom is 0.263 e. The molecule has 0 aliphatic rings. The number of hydrogen-bond acceptors (Lipinski definition) is 0. The van der Waals surface area contributed by atoms with Gasteiger partial charge in [0.15, 0.2) is 0 Å². The summed E-state index contributed by atoms with van der Waals surface area (Å²) in [6.07, 6.45) is -2.40. The maximum absolute atomic E-state index is 12.5. The Hall–Kier alpha value is -0.960. The third-order valence-electron chi connectivity index (χ3n) is 2.39. The minimum atomic E-state index is -2.40. The van der Waals surface area contributed by atoms with Crippen LogP contribution in [0.5, 0.6) is 0 Å². The summed E-state index contributed by atoms with van der Waals surface area (Å²) in [5.41, 5.74) is 1.12. The second-order valence-corrected chi connectivity index (χ2v) is 3.89. The summed E-state index contributed by atoms with van der Waals surface area (Å²) in [4.78, 5) is 0. The average Bonchev–Trinajstić information content (AvgIpc) is 2.27. The smallest absolute Gasteiger partial charge is 0.205 e. The number of hydrogen-bond donors (Lipinski definition) is 0. The Balaban J connectivity index is 2.67. The van der Waals surface area contributed by atoms with Crippen molar-refractivity contribution in [3.05, 3.63) is 47.5 Å². The van der Waals surface area contributed by atoms with Gasteiger partial charge in [0.1, 0.15) is 0 Å². The molecular weight excluding hydrogens is 262 g/mol. The molecule has 0 amide bonds. The van der Waals surface area contributed by atoms with E-state index >= 15 is 0 Å². The molecule has 0 aliphatic heterocycles. The first kappa shape index (κ1) is 10.6. The minimum Gasteiger partial charge on any atom is -0.205 e. The van der Waals surface area contributed by atoms with Gasteiger partial charge in [-0.15, -0.1) is 0 Å². The van der Waals surface area contributed by atoms with Crippen molar-refractivity contribution in [2.75, 3.05) is 0 Å². The molecule has 78 valence electrons. The van der Waals surface area contributed by atoms with E-state index < -0.39 is 6.43 Å². The van der Waals surface area contributed by atoms with Gasteiger partial charge >= 0.3 is 0 Å². The molecule has 0 N–H and O–H groups in total. The van der Waals surface area contributed by atoms with Crippen LogP contribution < -0.4 is 0 Å². The van der Waals surface area contributed by atoms with Crippen molar-refractivity contribution in [2.24, 2.45) is 0 Å². The van der Waals surface area contributed by atoms with E-state index in [2.05, 4.69) is 15.9 Å². The molecule has 0 saturated carbocycles. The van der Waals surface area contributed by atoms with Gasteiger partial charge < -0.3 is 0 Å². The van der Waals surface area contributed by atoms with Crippen molar-refractivity contribution in [1.82, 2.24) is 0 Å². The van der Waals surface area contributed by atoms with Gasteiger partial charge in [-0.2, -0.15) is 0 Å². The van der Waals surface area contributed by atoms with Gasteiger partial charge in [-0.1, -0.05) is 46.3 Å². The van der Waals surface area contributed by atoms with E-state index in [1.165, 1.54) is 6.07 Å². The maximum atomic E-state index is 12.5. The van der Waals surface area contributed by atoms with E-state index in [9.17, 15) is 8.78 Å². The third-order valence-corrected chi connectivity index (χ3v) is 3.00. The fourth-order valence-electron chi connectivity index (χ4n) is 1.61. The van der Waals surface area contributed by atoms with Gasteiger partial charge in [-0.3, -0.25) is 0 Å². The van der Waals surface area contributed by atoms with Gasteiger partial charge in [0.25, 0.3) is 6.43 Å². The molecule has 0 saturated heterocycles. The summed E-state index contributed by atoms with van der Waals surface area (Å²) in [6.45, 7) is 0. The van der Waals surface area contributed by atoms with Crippen molar-refractivity contribution in [3.63, 3.8) is 0 Å².